The average molecular weight is 361 g/mol. The fourth-order valence-corrected chi connectivity index (χ4v) is 3.13. The van der Waals surface area contributed by atoms with E-state index in [9.17, 15) is 0 Å². The summed E-state index contributed by atoms with van der Waals surface area (Å²) in [6.45, 7) is 4.47. The molecule has 2 heterocycles. The molecule has 1 N–H and O–H groups in total. The maximum Gasteiger partial charge on any atom is 0.173 e. The Morgan fingerprint density at radius 3 is 2.60 bits per heavy atom. The zero-order chi connectivity index (χ0) is 17.6. The van der Waals surface area contributed by atoms with Crippen LogP contribution >= 0.6 is 12.2 Å². The molecular weight excluding hydrogens is 338 g/mol. The van der Waals surface area contributed by atoms with E-state index in [-0.39, 0.29) is 0 Å². The van der Waals surface area contributed by atoms with Gasteiger partial charge in [0, 0.05) is 32.2 Å². The van der Waals surface area contributed by atoms with Crippen LogP contribution in [0.1, 0.15) is 5.76 Å². The standard InChI is InChI=1S/C18H23N3O3S/c1-22-14-5-6-17(23-2)16(12-14)19-18(25)21-9-7-20(8-10-21)13-15-4-3-11-24-15/h3-6,11-12H,7-10,13H2,1-2H3,(H,19,25). The number of nitrogens with one attached hydrogen (secondary N) is 1. The first kappa shape index (κ1) is 17.6. The van der Waals surface area contributed by atoms with Gasteiger partial charge in [-0.05, 0) is 36.5 Å². The van der Waals surface area contributed by atoms with Gasteiger partial charge in [-0.2, -0.15) is 0 Å². The van der Waals surface area contributed by atoms with Gasteiger partial charge in [-0.3, -0.25) is 4.90 Å². The molecule has 1 aliphatic rings. The van der Waals surface area contributed by atoms with Crippen molar-refractivity contribution in [1.82, 2.24) is 9.80 Å². The Hall–Kier alpha value is -2.25. The molecule has 6 nitrogen and oxygen atoms in total. The highest BCUT2D eigenvalue weighted by molar-refractivity contribution is 7.80. The summed E-state index contributed by atoms with van der Waals surface area (Å²) in [6, 6.07) is 9.55. The van der Waals surface area contributed by atoms with Crippen molar-refractivity contribution in [2.24, 2.45) is 0 Å². The first-order valence-corrected chi connectivity index (χ1v) is 8.63. The van der Waals surface area contributed by atoms with E-state index in [0.717, 1.165) is 55.7 Å². The van der Waals surface area contributed by atoms with Crippen LogP contribution in [0.2, 0.25) is 0 Å². The number of furan rings is 1. The van der Waals surface area contributed by atoms with Crippen LogP contribution in [0, 0.1) is 0 Å². The fourth-order valence-electron chi connectivity index (χ4n) is 2.84. The second-order valence-corrected chi connectivity index (χ2v) is 6.23. The molecule has 0 bridgehead atoms. The zero-order valence-electron chi connectivity index (χ0n) is 14.5. The highest BCUT2D eigenvalue weighted by Crippen LogP contribution is 2.29. The summed E-state index contributed by atoms with van der Waals surface area (Å²) in [7, 11) is 3.28. The third kappa shape index (κ3) is 4.43. The van der Waals surface area contributed by atoms with Crippen molar-refractivity contribution >= 4 is 23.0 Å². The predicted octanol–water partition coefficient (Wildman–Crippen LogP) is 2.81. The van der Waals surface area contributed by atoms with E-state index < -0.39 is 0 Å². The lowest BCUT2D eigenvalue weighted by atomic mass is 10.2. The number of piperazine rings is 1. The minimum atomic E-state index is 0.698. The van der Waals surface area contributed by atoms with Crippen molar-refractivity contribution < 1.29 is 13.9 Å². The summed E-state index contributed by atoms with van der Waals surface area (Å²) in [5, 5.41) is 3.98. The zero-order valence-corrected chi connectivity index (χ0v) is 15.3. The van der Waals surface area contributed by atoms with E-state index in [1.807, 2.05) is 30.3 Å². The van der Waals surface area contributed by atoms with Crippen LogP contribution in [0.4, 0.5) is 5.69 Å². The Bertz CT molecular complexity index is 698. The molecule has 3 rings (SSSR count). The highest BCUT2D eigenvalue weighted by atomic mass is 32.1. The summed E-state index contributed by atoms with van der Waals surface area (Å²) in [6.07, 6.45) is 1.71. The first-order valence-electron chi connectivity index (χ1n) is 8.22. The molecule has 25 heavy (non-hydrogen) atoms. The summed E-state index contributed by atoms with van der Waals surface area (Å²) in [5.41, 5.74) is 0.810. The topological polar surface area (TPSA) is 50.1 Å². The van der Waals surface area contributed by atoms with Gasteiger partial charge < -0.3 is 24.1 Å². The molecule has 1 fully saturated rings. The van der Waals surface area contributed by atoms with E-state index in [4.69, 9.17) is 26.1 Å². The molecule has 0 unspecified atom stereocenters. The lowest BCUT2D eigenvalue weighted by molar-refractivity contribution is 0.166. The van der Waals surface area contributed by atoms with Crippen molar-refractivity contribution in [2.75, 3.05) is 45.7 Å². The van der Waals surface area contributed by atoms with Gasteiger partial charge in [-0.25, -0.2) is 0 Å². The van der Waals surface area contributed by atoms with E-state index in [1.165, 1.54) is 0 Å². The van der Waals surface area contributed by atoms with Crippen LogP contribution in [0.3, 0.4) is 0 Å². The number of anilines is 1. The SMILES string of the molecule is COc1ccc(OC)c(NC(=S)N2CCN(Cc3ccco3)CC2)c1. The van der Waals surface area contributed by atoms with Crippen LogP contribution < -0.4 is 14.8 Å². The Kier molecular flexibility index (Phi) is 5.78. The van der Waals surface area contributed by atoms with Crippen LogP contribution in [0.15, 0.2) is 41.0 Å². The third-order valence-electron chi connectivity index (χ3n) is 4.27. The number of methoxy groups -OCH3 is 2. The molecule has 1 aromatic carbocycles. The maximum atomic E-state index is 5.58. The molecule has 0 amide bonds. The Balaban J connectivity index is 1.56. The summed E-state index contributed by atoms with van der Waals surface area (Å²) in [5.74, 6) is 2.49. The highest BCUT2D eigenvalue weighted by Gasteiger charge is 2.20. The fraction of sp³-hybridized carbons (Fsp3) is 0.389. The lowest BCUT2D eigenvalue weighted by Crippen LogP contribution is -2.49. The van der Waals surface area contributed by atoms with Crippen LogP contribution in [-0.4, -0.2) is 55.3 Å². The van der Waals surface area contributed by atoms with Crippen molar-refractivity contribution in [2.45, 2.75) is 6.54 Å². The Morgan fingerprint density at radius 1 is 1.16 bits per heavy atom. The number of nitrogens with zero attached hydrogens (tertiary/aromatic N) is 2. The molecule has 2 aromatic rings. The predicted molar refractivity (Wildman–Crippen MR) is 101 cm³/mol. The minimum absolute atomic E-state index is 0.698. The number of benzene rings is 1. The number of thiocarbonyl (C=S) groups is 1. The molecule has 134 valence electrons. The summed E-state index contributed by atoms with van der Waals surface area (Å²) >= 11 is 5.58. The van der Waals surface area contributed by atoms with Gasteiger partial charge in [0.1, 0.15) is 17.3 Å². The first-order chi connectivity index (χ1) is 12.2. The molecule has 1 saturated heterocycles. The molecule has 1 aromatic heterocycles. The Morgan fingerprint density at radius 2 is 1.96 bits per heavy atom. The van der Waals surface area contributed by atoms with E-state index in [2.05, 4.69) is 15.1 Å². The van der Waals surface area contributed by atoms with E-state index >= 15 is 0 Å². The van der Waals surface area contributed by atoms with Gasteiger partial charge >= 0.3 is 0 Å². The van der Waals surface area contributed by atoms with Crippen LogP contribution in [-0.2, 0) is 6.54 Å². The van der Waals surface area contributed by atoms with Crippen LogP contribution in [0.25, 0.3) is 0 Å². The van der Waals surface area contributed by atoms with Crippen molar-refractivity contribution in [3.8, 4) is 11.5 Å². The summed E-state index contributed by atoms with van der Waals surface area (Å²) in [4.78, 5) is 4.54. The normalized spacial score (nSPS) is 15.0. The molecule has 7 heteroatoms. The second kappa shape index (κ2) is 8.22. The number of hydrogen-bond acceptors (Lipinski definition) is 5. The van der Waals surface area contributed by atoms with Gasteiger partial charge in [-0.15, -0.1) is 0 Å². The van der Waals surface area contributed by atoms with Gasteiger partial charge in [0.2, 0.25) is 0 Å². The molecule has 0 atom stereocenters. The Labute approximate surface area is 153 Å². The summed E-state index contributed by atoms with van der Waals surface area (Å²) < 4.78 is 16.1. The third-order valence-corrected chi connectivity index (χ3v) is 4.63. The average Bonchev–Trinajstić information content (AvgIpc) is 3.15. The number of hydrogen-bond donors (Lipinski definition) is 1. The minimum Gasteiger partial charge on any atom is -0.497 e. The van der Waals surface area contributed by atoms with Crippen LogP contribution in [0.5, 0.6) is 11.5 Å². The molecule has 0 radical (unpaired) electrons. The molecular formula is C18H23N3O3S. The lowest BCUT2D eigenvalue weighted by Gasteiger charge is -2.35. The van der Waals surface area contributed by atoms with Crippen molar-refractivity contribution in [1.29, 1.82) is 0 Å². The number of ether oxygens (including phenoxy) is 2. The molecule has 0 spiro atoms. The second-order valence-electron chi connectivity index (χ2n) is 5.84. The largest absolute Gasteiger partial charge is 0.497 e. The molecule has 0 saturated carbocycles. The van der Waals surface area contributed by atoms with Crippen molar-refractivity contribution in [3.05, 3.63) is 42.4 Å². The quantitative estimate of drug-likeness (QED) is 0.822. The van der Waals surface area contributed by atoms with E-state index in [1.54, 1.807) is 20.5 Å². The van der Waals surface area contributed by atoms with Gasteiger partial charge in [0.25, 0.3) is 0 Å². The molecule has 0 aliphatic carbocycles. The van der Waals surface area contributed by atoms with Gasteiger partial charge in [0.15, 0.2) is 5.11 Å². The van der Waals surface area contributed by atoms with Gasteiger partial charge in [-0.1, -0.05) is 0 Å². The number of rotatable bonds is 5. The monoisotopic (exact) mass is 361 g/mol. The molecule has 1 aliphatic heterocycles. The van der Waals surface area contributed by atoms with E-state index in [0.29, 0.717) is 5.11 Å². The smallest absolute Gasteiger partial charge is 0.173 e. The van der Waals surface area contributed by atoms with Gasteiger partial charge in [0.05, 0.1) is 32.7 Å². The van der Waals surface area contributed by atoms with Crippen molar-refractivity contribution in [3.63, 3.8) is 0 Å². The maximum absolute atomic E-state index is 5.58.